The Morgan fingerprint density at radius 2 is 2.24 bits per heavy atom. The van der Waals surface area contributed by atoms with Crippen molar-refractivity contribution >= 4 is 5.69 Å². The number of fused-ring (bicyclic) bond motifs is 1. The molecule has 1 aliphatic heterocycles. The lowest BCUT2D eigenvalue weighted by Gasteiger charge is -2.26. The number of aromatic nitrogens is 1. The first-order valence-corrected chi connectivity index (χ1v) is 6.62. The SMILES string of the molecule is CC(c1nc2c(cc1N)CN(C)CC2)C1CC1. The van der Waals surface area contributed by atoms with Crippen LogP contribution in [0.1, 0.15) is 42.6 Å². The number of hydrogen-bond donors (Lipinski definition) is 1. The first-order valence-electron chi connectivity index (χ1n) is 6.62. The smallest absolute Gasteiger partial charge is 0.0666 e. The van der Waals surface area contributed by atoms with Crippen molar-refractivity contribution in [3.8, 4) is 0 Å². The minimum absolute atomic E-state index is 0.542. The number of likely N-dealkylation sites (N-methyl/N-ethyl adjacent to an activating group) is 1. The van der Waals surface area contributed by atoms with E-state index in [0.717, 1.165) is 36.8 Å². The van der Waals surface area contributed by atoms with Crippen molar-refractivity contribution in [2.24, 2.45) is 5.92 Å². The number of nitrogens with two attached hydrogens (primary N) is 1. The molecule has 1 aromatic rings. The van der Waals surface area contributed by atoms with Gasteiger partial charge in [-0.15, -0.1) is 0 Å². The van der Waals surface area contributed by atoms with E-state index in [4.69, 9.17) is 10.7 Å². The molecule has 3 nitrogen and oxygen atoms in total. The van der Waals surface area contributed by atoms with Crippen LogP contribution in [0.5, 0.6) is 0 Å². The van der Waals surface area contributed by atoms with Crippen LogP contribution in [0, 0.1) is 5.92 Å². The molecule has 0 amide bonds. The van der Waals surface area contributed by atoms with Gasteiger partial charge in [0.15, 0.2) is 0 Å². The molecule has 3 rings (SSSR count). The molecule has 0 bridgehead atoms. The third-order valence-electron chi connectivity index (χ3n) is 4.18. The third kappa shape index (κ3) is 2.04. The first-order chi connectivity index (χ1) is 8.15. The van der Waals surface area contributed by atoms with E-state index >= 15 is 0 Å². The number of rotatable bonds is 2. The van der Waals surface area contributed by atoms with Gasteiger partial charge in [-0.3, -0.25) is 4.98 Å². The van der Waals surface area contributed by atoms with Crippen LogP contribution in [-0.4, -0.2) is 23.5 Å². The van der Waals surface area contributed by atoms with Crippen molar-refractivity contribution in [2.75, 3.05) is 19.3 Å². The maximum Gasteiger partial charge on any atom is 0.0666 e. The standard InChI is InChI=1S/C14H21N3/c1-9(10-3-4-10)14-12(15)7-11-8-17(2)6-5-13(11)16-14/h7,9-10H,3-6,8,15H2,1-2H3. The van der Waals surface area contributed by atoms with E-state index in [1.54, 1.807) is 0 Å². The normalized spacial score (nSPS) is 22.2. The quantitative estimate of drug-likeness (QED) is 0.848. The summed E-state index contributed by atoms with van der Waals surface area (Å²) in [4.78, 5) is 7.18. The summed E-state index contributed by atoms with van der Waals surface area (Å²) in [5.74, 6) is 1.37. The van der Waals surface area contributed by atoms with Gasteiger partial charge in [0.2, 0.25) is 0 Å². The zero-order chi connectivity index (χ0) is 12.0. The zero-order valence-corrected chi connectivity index (χ0v) is 10.7. The number of hydrogen-bond acceptors (Lipinski definition) is 3. The molecule has 1 atom stereocenters. The molecule has 1 fully saturated rings. The van der Waals surface area contributed by atoms with Crippen molar-refractivity contribution in [2.45, 2.75) is 38.6 Å². The molecule has 0 saturated heterocycles. The van der Waals surface area contributed by atoms with E-state index in [1.807, 2.05) is 0 Å². The van der Waals surface area contributed by atoms with Crippen molar-refractivity contribution < 1.29 is 0 Å². The largest absolute Gasteiger partial charge is 0.397 e. The highest BCUT2D eigenvalue weighted by atomic mass is 15.1. The summed E-state index contributed by atoms with van der Waals surface area (Å²) in [6, 6.07) is 2.16. The van der Waals surface area contributed by atoms with E-state index in [9.17, 15) is 0 Å². The maximum absolute atomic E-state index is 6.18. The summed E-state index contributed by atoms with van der Waals surface area (Å²) in [5.41, 5.74) is 10.8. The highest BCUT2D eigenvalue weighted by molar-refractivity contribution is 5.49. The van der Waals surface area contributed by atoms with Crippen LogP contribution in [0.15, 0.2) is 6.07 Å². The van der Waals surface area contributed by atoms with Gasteiger partial charge in [0.1, 0.15) is 0 Å². The molecule has 0 aromatic carbocycles. The number of anilines is 1. The Morgan fingerprint density at radius 3 is 2.94 bits per heavy atom. The van der Waals surface area contributed by atoms with Crippen molar-refractivity contribution in [3.63, 3.8) is 0 Å². The second-order valence-electron chi connectivity index (χ2n) is 5.68. The second kappa shape index (κ2) is 3.98. The fourth-order valence-electron chi connectivity index (χ4n) is 2.83. The van der Waals surface area contributed by atoms with Crippen molar-refractivity contribution in [1.29, 1.82) is 0 Å². The van der Waals surface area contributed by atoms with E-state index in [2.05, 4.69) is 24.9 Å². The molecular weight excluding hydrogens is 210 g/mol. The van der Waals surface area contributed by atoms with Gasteiger partial charge in [-0.1, -0.05) is 6.92 Å². The topological polar surface area (TPSA) is 42.1 Å². The molecule has 2 N–H and O–H groups in total. The molecule has 1 aliphatic carbocycles. The summed E-state index contributed by atoms with van der Waals surface area (Å²) in [7, 11) is 2.15. The highest BCUT2D eigenvalue weighted by Crippen LogP contribution is 2.43. The predicted octanol–water partition coefficient (Wildman–Crippen LogP) is 2.17. The summed E-state index contributed by atoms with van der Waals surface area (Å²) < 4.78 is 0. The Bertz CT molecular complexity index is 437. The molecule has 0 spiro atoms. The van der Waals surface area contributed by atoms with Gasteiger partial charge in [0.25, 0.3) is 0 Å². The van der Waals surface area contributed by atoms with Crippen LogP contribution in [-0.2, 0) is 13.0 Å². The van der Waals surface area contributed by atoms with Crippen LogP contribution >= 0.6 is 0 Å². The van der Waals surface area contributed by atoms with Gasteiger partial charge in [-0.25, -0.2) is 0 Å². The summed E-state index contributed by atoms with van der Waals surface area (Å²) >= 11 is 0. The molecule has 3 heteroatoms. The monoisotopic (exact) mass is 231 g/mol. The Balaban J connectivity index is 1.95. The number of nitrogen functional groups attached to an aromatic ring is 1. The van der Waals surface area contributed by atoms with Gasteiger partial charge in [0.05, 0.1) is 11.4 Å². The molecule has 1 aromatic heterocycles. The Kier molecular flexibility index (Phi) is 2.58. The lowest BCUT2D eigenvalue weighted by molar-refractivity contribution is 0.309. The lowest BCUT2D eigenvalue weighted by Crippen LogP contribution is -2.28. The van der Waals surface area contributed by atoms with E-state index in [1.165, 1.54) is 24.1 Å². The predicted molar refractivity (Wildman–Crippen MR) is 69.8 cm³/mol. The Morgan fingerprint density at radius 1 is 1.47 bits per heavy atom. The van der Waals surface area contributed by atoms with Gasteiger partial charge in [-0.05, 0) is 37.4 Å². The summed E-state index contributed by atoms with van der Waals surface area (Å²) in [5, 5.41) is 0. The van der Waals surface area contributed by atoms with Crippen LogP contribution in [0.2, 0.25) is 0 Å². The van der Waals surface area contributed by atoms with E-state index in [-0.39, 0.29) is 0 Å². The summed E-state index contributed by atoms with van der Waals surface area (Å²) in [6.07, 6.45) is 3.76. The number of pyridine rings is 1. The van der Waals surface area contributed by atoms with Gasteiger partial charge >= 0.3 is 0 Å². The molecule has 92 valence electrons. The van der Waals surface area contributed by atoms with Gasteiger partial charge in [0, 0.05) is 31.1 Å². The van der Waals surface area contributed by atoms with Crippen LogP contribution < -0.4 is 5.73 Å². The molecule has 2 heterocycles. The van der Waals surface area contributed by atoms with E-state index in [0.29, 0.717) is 5.92 Å². The first kappa shape index (κ1) is 11.0. The highest BCUT2D eigenvalue weighted by Gasteiger charge is 2.31. The Hall–Kier alpha value is -1.09. The van der Waals surface area contributed by atoms with Crippen molar-refractivity contribution in [3.05, 3.63) is 23.0 Å². The average Bonchev–Trinajstić information content (AvgIpc) is 3.11. The molecule has 0 radical (unpaired) electrons. The zero-order valence-electron chi connectivity index (χ0n) is 10.7. The maximum atomic E-state index is 6.18. The minimum Gasteiger partial charge on any atom is -0.397 e. The van der Waals surface area contributed by atoms with Crippen molar-refractivity contribution in [1.82, 2.24) is 9.88 Å². The van der Waals surface area contributed by atoms with E-state index < -0.39 is 0 Å². The molecule has 2 aliphatic rings. The fraction of sp³-hybridized carbons (Fsp3) is 0.643. The molecule has 1 saturated carbocycles. The Labute approximate surface area is 103 Å². The lowest BCUT2D eigenvalue weighted by atomic mass is 9.97. The molecule has 1 unspecified atom stereocenters. The second-order valence-corrected chi connectivity index (χ2v) is 5.68. The van der Waals surface area contributed by atoms with Gasteiger partial charge < -0.3 is 10.6 Å². The average molecular weight is 231 g/mol. The molecule has 17 heavy (non-hydrogen) atoms. The van der Waals surface area contributed by atoms with Crippen LogP contribution in [0.25, 0.3) is 0 Å². The van der Waals surface area contributed by atoms with Crippen LogP contribution in [0.4, 0.5) is 5.69 Å². The van der Waals surface area contributed by atoms with Gasteiger partial charge in [-0.2, -0.15) is 0 Å². The summed E-state index contributed by atoms with van der Waals surface area (Å²) in [6.45, 7) is 4.38. The minimum atomic E-state index is 0.542. The van der Waals surface area contributed by atoms with Crippen LogP contribution in [0.3, 0.4) is 0 Å². The molecular formula is C14H21N3. The fourth-order valence-corrected chi connectivity index (χ4v) is 2.83. The third-order valence-corrected chi connectivity index (χ3v) is 4.18. The number of nitrogens with zero attached hydrogens (tertiary/aromatic N) is 2.